The molecule has 1 atom stereocenters. The number of amides is 3. The first-order valence-corrected chi connectivity index (χ1v) is 8.94. The number of methoxy groups -OCH3 is 1. The maximum Gasteiger partial charge on any atom is 0.279 e. The van der Waals surface area contributed by atoms with Gasteiger partial charge in [0.1, 0.15) is 5.75 Å². The number of rotatable bonds is 8. The molecule has 27 heavy (non-hydrogen) atoms. The van der Waals surface area contributed by atoms with Gasteiger partial charge >= 0.3 is 0 Å². The van der Waals surface area contributed by atoms with Gasteiger partial charge in [-0.3, -0.25) is 14.4 Å². The highest BCUT2D eigenvalue weighted by molar-refractivity contribution is 5.95. The Balaban J connectivity index is 2.76. The van der Waals surface area contributed by atoms with E-state index in [4.69, 9.17) is 4.74 Å². The minimum Gasteiger partial charge on any atom is -0.495 e. The maximum absolute atomic E-state index is 12.4. The average molecular weight is 379 g/mol. The van der Waals surface area contributed by atoms with Crippen molar-refractivity contribution < 1.29 is 24.0 Å². The Morgan fingerprint density at radius 1 is 1.07 bits per heavy atom. The Morgan fingerprint density at radius 2 is 1.70 bits per heavy atom. The highest BCUT2D eigenvalue weighted by atomic mass is 16.5. The molecule has 0 heterocycles. The average Bonchev–Trinajstić information content (AvgIpc) is 2.52. The second-order valence-electron chi connectivity index (χ2n) is 7.40. The minimum atomic E-state index is -0.310. The summed E-state index contributed by atoms with van der Waals surface area (Å²) in [5.74, 6) is -0.0593. The summed E-state index contributed by atoms with van der Waals surface area (Å²) in [6, 6.07) is 4.99. The highest BCUT2D eigenvalue weighted by Gasteiger charge is 2.21. The minimum absolute atomic E-state index is 0.0996. The predicted octanol–water partition coefficient (Wildman–Crippen LogP) is 0.412. The lowest BCUT2D eigenvalue weighted by molar-refractivity contribution is -0.881. The maximum atomic E-state index is 12.4. The van der Waals surface area contributed by atoms with Gasteiger partial charge in [-0.15, -0.1) is 0 Å². The van der Waals surface area contributed by atoms with E-state index < -0.39 is 0 Å². The summed E-state index contributed by atoms with van der Waals surface area (Å²) in [6.45, 7) is 10.1. The second-order valence-corrected chi connectivity index (χ2v) is 7.40. The van der Waals surface area contributed by atoms with Crippen LogP contribution < -0.4 is 25.6 Å². The van der Waals surface area contributed by atoms with E-state index >= 15 is 0 Å². The van der Waals surface area contributed by atoms with Gasteiger partial charge in [0.2, 0.25) is 5.91 Å². The van der Waals surface area contributed by atoms with Gasteiger partial charge in [-0.1, -0.05) is 0 Å². The van der Waals surface area contributed by atoms with Crippen LogP contribution in [0.3, 0.4) is 0 Å². The van der Waals surface area contributed by atoms with Crippen LogP contribution in [0.1, 0.15) is 34.6 Å². The predicted molar refractivity (Wildman–Crippen MR) is 105 cm³/mol. The third-order valence-electron chi connectivity index (χ3n) is 3.63. The van der Waals surface area contributed by atoms with E-state index in [1.54, 1.807) is 18.2 Å². The van der Waals surface area contributed by atoms with Crippen molar-refractivity contribution in [3.05, 3.63) is 18.2 Å². The van der Waals surface area contributed by atoms with Gasteiger partial charge in [0.05, 0.1) is 19.3 Å². The molecule has 4 N–H and O–H groups in total. The van der Waals surface area contributed by atoms with Crippen LogP contribution in [0, 0.1) is 0 Å². The van der Waals surface area contributed by atoms with Crippen LogP contribution in [-0.2, 0) is 14.4 Å². The first-order valence-electron chi connectivity index (χ1n) is 8.94. The summed E-state index contributed by atoms with van der Waals surface area (Å²) >= 11 is 0. The number of hydrogen-bond acceptors (Lipinski definition) is 4. The van der Waals surface area contributed by atoms with Gasteiger partial charge < -0.3 is 25.6 Å². The molecule has 0 aromatic heterocycles. The Kier molecular flexibility index (Phi) is 8.24. The molecule has 0 aliphatic carbocycles. The molecule has 8 heteroatoms. The quantitative estimate of drug-likeness (QED) is 0.526. The molecule has 150 valence electrons. The Hall–Kier alpha value is -2.61. The number of ether oxygens (including phenoxy) is 1. The zero-order valence-electron chi connectivity index (χ0n) is 17.0. The van der Waals surface area contributed by atoms with E-state index in [-0.39, 0.29) is 36.3 Å². The molecular weight excluding hydrogens is 348 g/mol. The van der Waals surface area contributed by atoms with Crippen LogP contribution in [0.2, 0.25) is 0 Å². The molecule has 0 radical (unpaired) electrons. The number of benzene rings is 1. The van der Waals surface area contributed by atoms with Crippen molar-refractivity contribution in [1.29, 1.82) is 0 Å². The number of carbonyl (C=O) groups is 3. The van der Waals surface area contributed by atoms with Crippen molar-refractivity contribution in [2.24, 2.45) is 0 Å². The van der Waals surface area contributed by atoms with Gasteiger partial charge in [0.15, 0.2) is 13.1 Å². The molecule has 1 unspecified atom stereocenters. The number of anilines is 2. The first kappa shape index (κ1) is 22.4. The Labute approximate surface area is 160 Å². The van der Waals surface area contributed by atoms with Crippen LogP contribution >= 0.6 is 0 Å². The van der Waals surface area contributed by atoms with Gasteiger partial charge in [-0.05, 0) is 45.9 Å². The lowest BCUT2D eigenvalue weighted by Gasteiger charge is -2.23. The van der Waals surface area contributed by atoms with E-state index in [9.17, 15) is 14.4 Å². The van der Waals surface area contributed by atoms with E-state index in [1.165, 1.54) is 14.0 Å². The number of likely N-dealkylation sites (N-methyl/N-ethyl adjacent to an activating group) is 1. The van der Waals surface area contributed by atoms with Crippen LogP contribution in [-0.4, -0.2) is 50.0 Å². The summed E-state index contributed by atoms with van der Waals surface area (Å²) in [6.07, 6.45) is 0. The van der Waals surface area contributed by atoms with Gasteiger partial charge in [-0.25, -0.2) is 0 Å². The van der Waals surface area contributed by atoms with Crippen LogP contribution in [0.15, 0.2) is 18.2 Å². The van der Waals surface area contributed by atoms with Gasteiger partial charge in [-0.2, -0.15) is 0 Å². The molecule has 0 saturated heterocycles. The van der Waals surface area contributed by atoms with Crippen molar-refractivity contribution in [2.45, 2.75) is 40.2 Å². The van der Waals surface area contributed by atoms with Crippen LogP contribution in [0.5, 0.6) is 5.75 Å². The molecule has 1 aromatic rings. The molecule has 0 fully saturated rings. The molecule has 0 bridgehead atoms. The number of carbonyl (C=O) groups excluding carboxylic acids is 3. The van der Waals surface area contributed by atoms with Crippen LogP contribution in [0.25, 0.3) is 0 Å². The number of quaternary nitrogens is 1. The molecule has 0 aliphatic rings. The fourth-order valence-electron chi connectivity index (χ4n) is 2.51. The highest BCUT2D eigenvalue weighted by Crippen LogP contribution is 2.27. The van der Waals surface area contributed by atoms with Gasteiger partial charge in [0, 0.05) is 18.2 Å². The molecule has 0 aliphatic heterocycles. The Bertz CT molecular complexity index is 683. The molecule has 0 saturated carbocycles. The van der Waals surface area contributed by atoms with Crippen molar-refractivity contribution in [1.82, 2.24) is 5.32 Å². The van der Waals surface area contributed by atoms with Crippen molar-refractivity contribution >= 4 is 29.1 Å². The molecule has 1 aromatic carbocycles. The summed E-state index contributed by atoms with van der Waals surface area (Å²) in [4.78, 5) is 36.6. The summed E-state index contributed by atoms with van der Waals surface area (Å²) in [7, 11) is 1.50. The summed E-state index contributed by atoms with van der Waals surface area (Å²) in [5.41, 5.74) is 0.710. The molecule has 3 amide bonds. The fraction of sp³-hybridized carbons (Fsp3) is 0.526. The topological polar surface area (TPSA) is 101 Å². The zero-order valence-corrected chi connectivity index (χ0v) is 17.0. The molecule has 0 spiro atoms. The van der Waals surface area contributed by atoms with E-state index in [0.717, 1.165) is 4.90 Å². The summed E-state index contributed by atoms with van der Waals surface area (Å²) < 4.78 is 5.26. The lowest BCUT2D eigenvalue weighted by atomic mass is 10.1. The van der Waals surface area contributed by atoms with Crippen molar-refractivity contribution in [2.75, 3.05) is 37.4 Å². The fourth-order valence-corrected chi connectivity index (χ4v) is 2.51. The van der Waals surface area contributed by atoms with E-state index in [2.05, 4.69) is 16.0 Å². The smallest absolute Gasteiger partial charge is 0.279 e. The number of hydrogen-bond donors (Lipinski definition) is 4. The van der Waals surface area contributed by atoms with E-state index in [0.29, 0.717) is 23.7 Å². The monoisotopic (exact) mass is 379 g/mol. The molecular formula is C19H31N4O4+. The normalized spacial score (nSPS) is 12.1. The largest absolute Gasteiger partial charge is 0.495 e. The zero-order chi connectivity index (χ0) is 20.6. The third kappa shape index (κ3) is 8.54. The van der Waals surface area contributed by atoms with Gasteiger partial charge in [0.25, 0.3) is 11.8 Å². The molecule has 8 nitrogen and oxygen atoms in total. The molecule has 1 rings (SSSR count). The lowest BCUT2D eigenvalue weighted by Crippen LogP contribution is -3.14. The van der Waals surface area contributed by atoms with E-state index in [1.807, 2.05) is 27.7 Å². The van der Waals surface area contributed by atoms with Crippen molar-refractivity contribution in [3.63, 3.8) is 0 Å². The third-order valence-corrected chi connectivity index (χ3v) is 3.63. The number of nitrogens with one attached hydrogen (secondary N) is 4. The second kappa shape index (κ2) is 9.91. The first-order chi connectivity index (χ1) is 12.5. The summed E-state index contributed by atoms with van der Waals surface area (Å²) in [5, 5.41) is 8.36. The standard InChI is InChI=1S/C19H30N4O4/c1-7-23(12-18(26)22-19(3,4)5)11-17(25)21-15-10-14(20-13(2)24)8-9-16(15)27-6/h8-10H,7,11-12H2,1-6H3,(H,20,24)(H,21,25)(H,22,26)/p+1. The van der Waals surface area contributed by atoms with Crippen molar-refractivity contribution in [3.8, 4) is 5.75 Å². The SMILES string of the molecule is CC[NH+](CC(=O)Nc1cc(NC(C)=O)ccc1OC)CC(=O)NC(C)(C)C. The van der Waals surface area contributed by atoms with Crippen LogP contribution in [0.4, 0.5) is 11.4 Å². The Morgan fingerprint density at radius 3 is 2.22 bits per heavy atom.